The molecule has 1 aliphatic rings. The number of para-hydroxylation sites is 1. The van der Waals surface area contributed by atoms with E-state index in [4.69, 9.17) is 10.5 Å². The minimum atomic E-state index is -0.0931. The fourth-order valence-corrected chi connectivity index (χ4v) is 2.53. The normalized spacial score (nSPS) is 12.3. The van der Waals surface area contributed by atoms with E-state index in [0.29, 0.717) is 19.7 Å². The maximum Gasteiger partial charge on any atom is 0.253 e. The van der Waals surface area contributed by atoms with Crippen LogP contribution >= 0.6 is 0 Å². The first-order valence-corrected chi connectivity index (χ1v) is 7.56. The summed E-state index contributed by atoms with van der Waals surface area (Å²) in [4.78, 5) is 14.4. The van der Waals surface area contributed by atoms with Crippen LogP contribution in [0.4, 0.5) is 5.69 Å². The highest BCUT2D eigenvalue weighted by molar-refractivity contribution is 5.96. The van der Waals surface area contributed by atoms with Crippen LogP contribution in [0.2, 0.25) is 0 Å². The molecule has 2 aromatic carbocycles. The van der Waals surface area contributed by atoms with E-state index in [2.05, 4.69) is 11.8 Å². The average Bonchev–Trinajstić information content (AvgIpc) is 2.57. The lowest BCUT2D eigenvalue weighted by molar-refractivity contribution is -0.123. The number of amides is 1. The topological polar surface area (TPSA) is 55.6 Å². The second-order valence-electron chi connectivity index (χ2n) is 5.25. The Morgan fingerprint density at radius 2 is 1.78 bits per heavy atom. The van der Waals surface area contributed by atoms with Gasteiger partial charge in [-0.15, -0.1) is 0 Å². The Kier molecular flexibility index (Phi) is 4.72. The van der Waals surface area contributed by atoms with Crippen LogP contribution in [0.15, 0.2) is 48.5 Å². The van der Waals surface area contributed by atoms with Crippen molar-refractivity contribution in [3.05, 3.63) is 65.2 Å². The minimum Gasteiger partial charge on any atom is -0.370 e. The number of nitrogens with zero attached hydrogens (tertiary/aromatic N) is 1. The Hall–Kier alpha value is -2.61. The van der Waals surface area contributed by atoms with Gasteiger partial charge < -0.3 is 15.4 Å². The van der Waals surface area contributed by atoms with Crippen molar-refractivity contribution in [2.75, 3.05) is 24.7 Å². The molecule has 1 amide bonds. The van der Waals surface area contributed by atoms with Crippen LogP contribution in [-0.2, 0) is 16.1 Å². The van der Waals surface area contributed by atoms with E-state index in [1.54, 1.807) is 4.90 Å². The van der Waals surface area contributed by atoms with Crippen LogP contribution in [0.25, 0.3) is 0 Å². The largest absolute Gasteiger partial charge is 0.370 e. The SMILES string of the molecule is NCCOCC(=O)N1Cc2ccccc2C#Cc2ccccc21. The summed E-state index contributed by atoms with van der Waals surface area (Å²) in [7, 11) is 0. The molecule has 4 heteroatoms. The van der Waals surface area contributed by atoms with Gasteiger partial charge in [0.15, 0.2) is 0 Å². The third-order valence-electron chi connectivity index (χ3n) is 3.66. The van der Waals surface area contributed by atoms with Gasteiger partial charge in [-0.05, 0) is 23.8 Å². The van der Waals surface area contributed by atoms with Crippen molar-refractivity contribution in [1.82, 2.24) is 0 Å². The molecule has 0 bridgehead atoms. The van der Waals surface area contributed by atoms with Gasteiger partial charge in [0, 0.05) is 17.7 Å². The Morgan fingerprint density at radius 1 is 1.09 bits per heavy atom. The third-order valence-corrected chi connectivity index (χ3v) is 3.66. The fourth-order valence-electron chi connectivity index (χ4n) is 2.53. The number of fused-ring (bicyclic) bond motifs is 2. The molecule has 0 saturated carbocycles. The van der Waals surface area contributed by atoms with Gasteiger partial charge >= 0.3 is 0 Å². The maximum absolute atomic E-state index is 12.6. The fraction of sp³-hybridized carbons (Fsp3) is 0.211. The summed E-state index contributed by atoms with van der Waals surface area (Å²) in [5.41, 5.74) is 9.04. The van der Waals surface area contributed by atoms with E-state index in [9.17, 15) is 4.79 Å². The summed E-state index contributed by atoms with van der Waals surface area (Å²) in [6, 6.07) is 15.6. The number of rotatable bonds is 4. The van der Waals surface area contributed by atoms with Crippen LogP contribution < -0.4 is 10.6 Å². The summed E-state index contributed by atoms with van der Waals surface area (Å²) >= 11 is 0. The molecule has 0 spiro atoms. The highest BCUT2D eigenvalue weighted by atomic mass is 16.5. The molecular formula is C19H18N2O2. The van der Waals surface area contributed by atoms with E-state index in [0.717, 1.165) is 22.4 Å². The molecule has 0 aliphatic carbocycles. The lowest BCUT2D eigenvalue weighted by Gasteiger charge is -2.25. The first-order valence-electron chi connectivity index (χ1n) is 7.56. The second-order valence-corrected chi connectivity index (χ2v) is 5.25. The quantitative estimate of drug-likeness (QED) is 0.693. The van der Waals surface area contributed by atoms with Gasteiger partial charge in [0.2, 0.25) is 0 Å². The standard InChI is InChI=1S/C19H18N2O2/c20-11-12-23-14-19(22)21-13-17-7-2-1-5-15(17)9-10-16-6-3-4-8-18(16)21/h1-8H,11-14,20H2. The van der Waals surface area contributed by atoms with Crippen molar-refractivity contribution in [3.63, 3.8) is 0 Å². The van der Waals surface area contributed by atoms with Crippen LogP contribution in [0, 0.1) is 11.8 Å². The molecule has 4 nitrogen and oxygen atoms in total. The number of carbonyl (C=O) groups is 1. The Labute approximate surface area is 135 Å². The van der Waals surface area contributed by atoms with Gasteiger partial charge in [0.05, 0.1) is 18.8 Å². The number of nitrogens with two attached hydrogens (primary N) is 1. The van der Waals surface area contributed by atoms with Crippen LogP contribution in [0.3, 0.4) is 0 Å². The predicted molar refractivity (Wildman–Crippen MR) is 89.9 cm³/mol. The molecule has 116 valence electrons. The molecular weight excluding hydrogens is 288 g/mol. The number of benzene rings is 2. The molecule has 0 fully saturated rings. The van der Waals surface area contributed by atoms with E-state index < -0.39 is 0 Å². The van der Waals surface area contributed by atoms with Gasteiger partial charge in [0.1, 0.15) is 6.61 Å². The van der Waals surface area contributed by atoms with Gasteiger partial charge in [-0.25, -0.2) is 0 Å². The lowest BCUT2D eigenvalue weighted by Crippen LogP contribution is -2.35. The summed E-state index contributed by atoms with van der Waals surface area (Å²) < 4.78 is 5.32. The number of anilines is 1. The molecule has 0 unspecified atom stereocenters. The molecule has 0 saturated heterocycles. The zero-order valence-corrected chi connectivity index (χ0v) is 12.8. The number of carbonyl (C=O) groups excluding carboxylic acids is 1. The van der Waals surface area contributed by atoms with Crippen LogP contribution in [0.5, 0.6) is 0 Å². The van der Waals surface area contributed by atoms with Crippen LogP contribution in [0.1, 0.15) is 16.7 Å². The smallest absolute Gasteiger partial charge is 0.253 e. The monoisotopic (exact) mass is 306 g/mol. The molecule has 0 atom stereocenters. The van der Waals surface area contributed by atoms with Crippen molar-refractivity contribution in [1.29, 1.82) is 0 Å². The van der Waals surface area contributed by atoms with Crippen molar-refractivity contribution in [2.24, 2.45) is 5.73 Å². The van der Waals surface area contributed by atoms with Gasteiger partial charge in [-0.3, -0.25) is 4.79 Å². The van der Waals surface area contributed by atoms with Crippen molar-refractivity contribution in [3.8, 4) is 11.8 Å². The summed E-state index contributed by atoms with van der Waals surface area (Å²) in [5, 5.41) is 0. The summed E-state index contributed by atoms with van der Waals surface area (Å²) in [5.74, 6) is 6.27. The van der Waals surface area contributed by atoms with Crippen molar-refractivity contribution < 1.29 is 9.53 Å². The van der Waals surface area contributed by atoms with Gasteiger partial charge in [-0.1, -0.05) is 42.2 Å². The van der Waals surface area contributed by atoms with E-state index >= 15 is 0 Å². The van der Waals surface area contributed by atoms with E-state index in [-0.39, 0.29) is 12.5 Å². The highest BCUT2D eigenvalue weighted by Crippen LogP contribution is 2.25. The second kappa shape index (κ2) is 7.10. The Morgan fingerprint density at radius 3 is 2.61 bits per heavy atom. The molecule has 2 N–H and O–H groups in total. The number of hydrogen-bond acceptors (Lipinski definition) is 3. The minimum absolute atomic E-state index is 0.0150. The lowest BCUT2D eigenvalue weighted by atomic mass is 10.0. The Balaban J connectivity index is 1.99. The Bertz CT molecular complexity index is 774. The number of ether oxygens (including phenoxy) is 1. The molecule has 0 aromatic heterocycles. The molecule has 2 aromatic rings. The van der Waals surface area contributed by atoms with Crippen molar-refractivity contribution in [2.45, 2.75) is 6.54 Å². The van der Waals surface area contributed by atoms with E-state index in [1.807, 2.05) is 48.5 Å². The molecule has 1 aliphatic heterocycles. The van der Waals surface area contributed by atoms with E-state index in [1.165, 1.54) is 0 Å². The molecule has 3 rings (SSSR count). The van der Waals surface area contributed by atoms with Crippen molar-refractivity contribution >= 4 is 11.6 Å². The van der Waals surface area contributed by atoms with Gasteiger partial charge in [0.25, 0.3) is 5.91 Å². The maximum atomic E-state index is 12.6. The molecule has 0 radical (unpaired) electrons. The predicted octanol–water partition coefficient (Wildman–Crippen LogP) is 1.91. The molecule has 1 heterocycles. The first kappa shape index (κ1) is 15.3. The molecule has 23 heavy (non-hydrogen) atoms. The number of hydrogen-bond donors (Lipinski definition) is 1. The van der Waals surface area contributed by atoms with Gasteiger partial charge in [-0.2, -0.15) is 0 Å². The van der Waals surface area contributed by atoms with Crippen LogP contribution in [-0.4, -0.2) is 25.7 Å². The average molecular weight is 306 g/mol. The highest BCUT2D eigenvalue weighted by Gasteiger charge is 2.20. The first-order chi connectivity index (χ1) is 11.3. The third kappa shape index (κ3) is 3.42. The zero-order chi connectivity index (χ0) is 16.1. The zero-order valence-electron chi connectivity index (χ0n) is 12.8. The summed E-state index contributed by atoms with van der Waals surface area (Å²) in [6.45, 7) is 1.27. The summed E-state index contributed by atoms with van der Waals surface area (Å²) in [6.07, 6.45) is 0.